The van der Waals surface area contributed by atoms with Gasteiger partial charge in [-0.1, -0.05) is 0 Å². The molecule has 0 radical (unpaired) electrons. The molecule has 6 nitrogen and oxygen atoms in total. The largest absolute Gasteiger partial charge is 0.480 e. The lowest BCUT2D eigenvalue weighted by Gasteiger charge is -2.09. The third kappa shape index (κ3) is 2.48. The van der Waals surface area contributed by atoms with E-state index in [1.807, 2.05) is 0 Å². The van der Waals surface area contributed by atoms with Crippen molar-refractivity contribution in [3.05, 3.63) is 11.3 Å². The van der Waals surface area contributed by atoms with Gasteiger partial charge < -0.3 is 15.7 Å². The summed E-state index contributed by atoms with van der Waals surface area (Å²) < 4.78 is 4.03. The lowest BCUT2D eigenvalue weighted by molar-refractivity contribution is -0.138. The maximum absolute atomic E-state index is 11.8. The van der Waals surface area contributed by atoms with Gasteiger partial charge in [0.25, 0.3) is 5.91 Å². The highest BCUT2D eigenvalue weighted by Gasteiger charge is 2.21. The molecule has 0 bridgehead atoms. The first-order valence-corrected chi connectivity index (χ1v) is 5.42. The normalized spacial score (nSPS) is 11.9. The summed E-state index contributed by atoms with van der Waals surface area (Å²) >= 11 is 1.17. The van der Waals surface area contributed by atoms with E-state index in [2.05, 4.69) is 15.0 Å². The standard InChI is InChI=1S/C9H13N3O3S/c1-4-6(8(10-3)16-12-4)7(13)11-5(2)9(14)15/h5,10H,1-3H3,(H,11,13)(H,14,15)/t5-/m0/s1. The van der Waals surface area contributed by atoms with Crippen molar-refractivity contribution in [3.8, 4) is 0 Å². The van der Waals surface area contributed by atoms with Crippen LogP contribution >= 0.6 is 11.5 Å². The van der Waals surface area contributed by atoms with Gasteiger partial charge >= 0.3 is 5.97 Å². The molecule has 0 saturated heterocycles. The minimum Gasteiger partial charge on any atom is -0.480 e. The summed E-state index contributed by atoms with van der Waals surface area (Å²) in [6.07, 6.45) is 0. The Morgan fingerprint density at radius 3 is 2.62 bits per heavy atom. The number of aliphatic carboxylic acids is 1. The number of hydrogen-bond donors (Lipinski definition) is 3. The van der Waals surface area contributed by atoms with E-state index in [9.17, 15) is 9.59 Å². The molecule has 3 N–H and O–H groups in total. The number of amides is 1. The molecule has 1 aromatic rings. The monoisotopic (exact) mass is 243 g/mol. The number of carbonyl (C=O) groups is 2. The first-order valence-electron chi connectivity index (χ1n) is 4.65. The maximum atomic E-state index is 11.8. The van der Waals surface area contributed by atoms with Gasteiger partial charge in [0.15, 0.2) is 0 Å². The smallest absolute Gasteiger partial charge is 0.325 e. The zero-order valence-electron chi connectivity index (χ0n) is 9.20. The van der Waals surface area contributed by atoms with Gasteiger partial charge in [-0.05, 0) is 25.4 Å². The van der Waals surface area contributed by atoms with Gasteiger partial charge in [0.2, 0.25) is 0 Å². The van der Waals surface area contributed by atoms with Gasteiger partial charge in [-0.3, -0.25) is 9.59 Å². The number of carboxylic acid groups (broad SMARTS) is 1. The van der Waals surface area contributed by atoms with Crippen LogP contribution in [0.3, 0.4) is 0 Å². The Morgan fingerprint density at radius 1 is 1.50 bits per heavy atom. The highest BCUT2D eigenvalue weighted by atomic mass is 32.1. The first kappa shape index (κ1) is 12.4. The maximum Gasteiger partial charge on any atom is 0.325 e. The fourth-order valence-electron chi connectivity index (χ4n) is 1.14. The fraction of sp³-hybridized carbons (Fsp3) is 0.444. The number of nitrogens with zero attached hydrogens (tertiary/aromatic N) is 1. The van der Waals surface area contributed by atoms with Crippen molar-refractivity contribution in [1.82, 2.24) is 9.69 Å². The Balaban J connectivity index is 2.88. The number of rotatable bonds is 4. The fourth-order valence-corrected chi connectivity index (χ4v) is 1.88. The summed E-state index contributed by atoms with van der Waals surface area (Å²) in [6, 6.07) is -0.920. The van der Waals surface area contributed by atoms with E-state index in [1.165, 1.54) is 18.5 Å². The van der Waals surface area contributed by atoms with Crippen molar-refractivity contribution in [3.63, 3.8) is 0 Å². The molecular formula is C9H13N3O3S. The zero-order chi connectivity index (χ0) is 12.3. The Hall–Kier alpha value is -1.63. The van der Waals surface area contributed by atoms with Crippen LogP contribution in [-0.4, -0.2) is 34.4 Å². The molecule has 0 aliphatic heterocycles. The number of anilines is 1. The van der Waals surface area contributed by atoms with E-state index in [0.717, 1.165) is 0 Å². The third-order valence-electron chi connectivity index (χ3n) is 2.03. The van der Waals surface area contributed by atoms with Crippen LogP contribution in [0.4, 0.5) is 5.00 Å². The van der Waals surface area contributed by atoms with Gasteiger partial charge in [0.05, 0.1) is 11.3 Å². The molecule has 0 aromatic carbocycles. The molecular weight excluding hydrogens is 230 g/mol. The molecule has 0 unspecified atom stereocenters. The van der Waals surface area contributed by atoms with Crippen LogP contribution in [0.1, 0.15) is 23.0 Å². The highest BCUT2D eigenvalue weighted by Crippen LogP contribution is 2.23. The van der Waals surface area contributed by atoms with Crippen molar-refractivity contribution in [2.45, 2.75) is 19.9 Å². The van der Waals surface area contributed by atoms with E-state index in [1.54, 1.807) is 14.0 Å². The van der Waals surface area contributed by atoms with Crippen LogP contribution in [0.25, 0.3) is 0 Å². The Labute approximate surface area is 96.8 Å². The van der Waals surface area contributed by atoms with E-state index in [-0.39, 0.29) is 0 Å². The lowest BCUT2D eigenvalue weighted by Crippen LogP contribution is -2.38. The predicted octanol–water partition coefficient (Wildman–Crippen LogP) is 0.696. The second-order valence-electron chi connectivity index (χ2n) is 3.26. The van der Waals surface area contributed by atoms with Gasteiger partial charge in [-0.2, -0.15) is 4.37 Å². The van der Waals surface area contributed by atoms with E-state index < -0.39 is 17.9 Å². The molecule has 16 heavy (non-hydrogen) atoms. The molecule has 0 saturated carbocycles. The molecule has 0 fully saturated rings. The van der Waals surface area contributed by atoms with Crippen molar-refractivity contribution >= 4 is 28.4 Å². The second kappa shape index (κ2) is 4.93. The first-order chi connectivity index (χ1) is 7.47. The topological polar surface area (TPSA) is 91.3 Å². The SMILES string of the molecule is CNc1snc(C)c1C(=O)N[C@@H](C)C(=O)O. The number of carbonyl (C=O) groups excluding carboxylic acids is 1. The van der Waals surface area contributed by atoms with Crippen molar-refractivity contribution in [2.75, 3.05) is 12.4 Å². The number of hydrogen-bond acceptors (Lipinski definition) is 5. The molecule has 1 amide bonds. The second-order valence-corrected chi connectivity index (χ2v) is 4.03. The van der Waals surface area contributed by atoms with Crippen molar-refractivity contribution in [2.24, 2.45) is 0 Å². The average Bonchev–Trinajstić information content (AvgIpc) is 2.59. The Morgan fingerprint density at radius 2 is 2.12 bits per heavy atom. The molecule has 1 heterocycles. The molecule has 7 heteroatoms. The molecule has 88 valence electrons. The van der Waals surface area contributed by atoms with E-state index >= 15 is 0 Å². The van der Waals surface area contributed by atoms with Crippen LogP contribution in [0.15, 0.2) is 0 Å². The molecule has 1 rings (SSSR count). The summed E-state index contributed by atoms with van der Waals surface area (Å²) in [6.45, 7) is 3.12. The van der Waals surface area contributed by atoms with Gasteiger partial charge in [-0.15, -0.1) is 0 Å². The molecule has 0 aliphatic carbocycles. The summed E-state index contributed by atoms with van der Waals surface area (Å²) in [5.41, 5.74) is 0.991. The molecule has 0 aliphatic rings. The Bertz CT molecular complexity index is 416. The van der Waals surface area contributed by atoms with Crippen LogP contribution in [-0.2, 0) is 4.79 Å². The van der Waals surface area contributed by atoms with Crippen LogP contribution in [0.5, 0.6) is 0 Å². The van der Waals surface area contributed by atoms with Crippen LogP contribution in [0, 0.1) is 6.92 Å². The molecule has 1 atom stereocenters. The summed E-state index contributed by atoms with van der Waals surface area (Å²) in [5, 5.41) is 14.5. The van der Waals surface area contributed by atoms with E-state index in [4.69, 9.17) is 5.11 Å². The zero-order valence-corrected chi connectivity index (χ0v) is 10.0. The van der Waals surface area contributed by atoms with Gasteiger partial charge in [0, 0.05) is 7.05 Å². The quantitative estimate of drug-likeness (QED) is 0.724. The third-order valence-corrected chi connectivity index (χ3v) is 2.99. The van der Waals surface area contributed by atoms with Crippen LogP contribution in [0.2, 0.25) is 0 Å². The molecule has 1 aromatic heterocycles. The highest BCUT2D eigenvalue weighted by molar-refractivity contribution is 7.10. The minimum atomic E-state index is -1.07. The average molecular weight is 243 g/mol. The lowest BCUT2D eigenvalue weighted by atomic mass is 10.2. The summed E-state index contributed by atoms with van der Waals surface area (Å²) in [5.74, 6) is -1.49. The van der Waals surface area contributed by atoms with Crippen molar-refractivity contribution in [1.29, 1.82) is 0 Å². The number of nitrogens with one attached hydrogen (secondary N) is 2. The van der Waals surface area contributed by atoms with E-state index in [0.29, 0.717) is 16.3 Å². The summed E-state index contributed by atoms with van der Waals surface area (Å²) in [4.78, 5) is 22.4. The van der Waals surface area contributed by atoms with Crippen molar-refractivity contribution < 1.29 is 14.7 Å². The Kier molecular flexibility index (Phi) is 3.83. The minimum absolute atomic E-state index is 0.403. The van der Waals surface area contributed by atoms with Gasteiger partial charge in [0.1, 0.15) is 11.0 Å². The number of aryl methyl sites for hydroxylation is 1. The number of aromatic nitrogens is 1. The molecule has 0 spiro atoms. The number of carboxylic acids is 1. The van der Waals surface area contributed by atoms with Crippen LogP contribution < -0.4 is 10.6 Å². The summed E-state index contributed by atoms with van der Waals surface area (Å²) in [7, 11) is 1.68. The predicted molar refractivity (Wildman–Crippen MR) is 61.0 cm³/mol. The van der Waals surface area contributed by atoms with Gasteiger partial charge in [-0.25, -0.2) is 0 Å².